The zero-order valence-corrected chi connectivity index (χ0v) is 18.2. The van der Waals surface area contributed by atoms with Gasteiger partial charge in [0.15, 0.2) is 11.5 Å². The van der Waals surface area contributed by atoms with Crippen LogP contribution in [0.5, 0.6) is 11.5 Å². The first-order valence-electron chi connectivity index (χ1n) is 10.1. The van der Waals surface area contributed by atoms with Crippen LogP contribution in [0, 0.1) is 0 Å². The second kappa shape index (κ2) is 9.21. The van der Waals surface area contributed by atoms with Gasteiger partial charge in [0.2, 0.25) is 0 Å². The molecule has 0 radical (unpaired) electrons. The van der Waals surface area contributed by atoms with Gasteiger partial charge in [-0.25, -0.2) is 8.42 Å². The molecule has 0 aromatic heterocycles. The molecule has 10 heteroatoms. The average Bonchev–Trinajstić information content (AvgIpc) is 3.04. The lowest BCUT2D eigenvalue weighted by atomic mass is 10.2. The Kier molecular flexibility index (Phi) is 6.18. The van der Waals surface area contributed by atoms with E-state index in [1.54, 1.807) is 30.3 Å². The molecule has 4 N–H and O–H groups in total. The molecule has 0 fully saturated rings. The molecular weight excluding hydrogens is 446 g/mol. The standard InChI is InChI=1S/C23H21N3O6S/c24-22(27)18-7-1-2-8-19(18)26-33(29,30)17-6-3-5-15(13-17)23(28)25-16-9-10-20-21(14-16)32-12-4-11-31-20/h1-3,5-10,13-14,26H,4,11-12H2,(H2,24,27)(H,25,28). The van der Waals surface area contributed by atoms with Gasteiger partial charge in [-0.05, 0) is 42.5 Å². The maximum atomic E-state index is 12.9. The highest BCUT2D eigenvalue weighted by Crippen LogP contribution is 2.32. The molecule has 0 aliphatic carbocycles. The maximum Gasteiger partial charge on any atom is 0.261 e. The first-order chi connectivity index (χ1) is 15.8. The van der Waals surface area contributed by atoms with Crippen molar-refractivity contribution in [2.75, 3.05) is 23.3 Å². The molecule has 1 heterocycles. The predicted octanol–water partition coefficient (Wildman–Crippen LogP) is 3.00. The van der Waals surface area contributed by atoms with Crippen molar-refractivity contribution in [2.24, 2.45) is 5.73 Å². The van der Waals surface area contributed by atoms with E-state index in [4.69, 9.17) is 15.2 Å². The van der Waals surface area contributed by atoms with E-state index in [0.717, 1.165) is 6.42 Å². The molecule has 4 rings (SSSR count). The van der Waals surface area contributed by atoms with Gasteiger partial charge in [0.05, 0.1) is 29.4 Å². The van der Waals surface area contributed by atoms with Gasteiger partial charge in [0, 0.05) is 23.7 Å². The summed E-state index contributed by atoms with van der Waals surface area (Å²) in [6.45, 7) is 1.06. The largest absolute Gasteiger partial charge is 0.490 e. The molecular formula is C23H21N3O6S. The van der Waals surface area contributed by atoms with Crippen molar-refractivity contribution in [3.8, 4) is 11.5 Å². The number of para-hydroxylation sites is 1. The smallest absolute Gasteiger partial charge is 0.261 e. The summed E-state index contributed by atoms with van der Waals surface area (Å²) in [5, 5.41) is 2.73. The van der Waals surface area contributed by atoms with Crippen LogP contribution >= 0.6 is 0 Å². The molecule has 3 aromatic carbocycles. The maximum absolute atomic E-state index is 12.9. The third kappa shape index (κ3) is 5.07. The number of rotatable bonds is 6. The van der Waals surface area contributed by atoms with E-state index in [1.807, 2.05) is 0 Å². The molecule has 9 nitrogen and oxygen atoms in total. The minimum Gasteiger partial charge on any atom is -0.490 e. The second-order valence-electron chi connectivity index (χ2n) is 7.21. The van der Waals surface area contributed by atoms with Gasteiger partial charge >= 0.3 is 0 Å². The number of benzene rings is 3. The normalized spacial score (nSPS) is 13.0. The van der Waals surface area contributed by atoms with Gasteiger partial charge in [-0.15, -0.1) is 0 Å². The number of nitrogens with two attached hydrogens (primary N) is 1. The summed E-state index contributed by atoms with van der Waals surface area (Å²) in [5.41, 5.74) is 6.01. The summed E-state index contributed by atoms with van der Waals surface area (Å²) in [6.07, 6.45) is 0.760. The first-order valence-corrected chi connectivity index (χ1v) is 11.5. The van der Waals surface area contributed by atoms with Crippen LogP contribution < -0.4 is 25.2 Å². The zero-order valence-electron chi connectivity index (χ0n) is 17.4. The number of hydrogen-bond acceptors (Lipinski definition) is 6. The average molecular weight is 468 g/mol. The van der Waals surface area contributed by atoms with E-state index >= 15 is 0 Å². The van der Waals surface area contributed by atoms with Crippen LogP contribution in [0.1, 0.15) is 27.1 Å². The van der Waals surface area contributed by atoms with E-state index in [2.05, 4.69) is 10.0 Å². The minimum absolute atomic E-state index is 0.0318. The van der Waals surface area contributed by atoms with Gasteiger partial charge in [-0.3, -0.25) is 14.3 Å². The van der Waals surface area contributed by atoms with Gasteiger partial charge < -0.3 is 20.5 Å². The summed E-state index contributed by atoms with van der Waals surface area (Å²) < 4.78 is 39.3. The molecule has 1 aliphatic heterocycles. The highest BCUT2D eigenvalue weighted by atomic mass is 32.2. The summed E-state index contributed by atoms with van der Waals surface area (Å²) in [6, 6.07) is 16.6. The number of hydrogen-bond donors (Lipinski definition) is 3. The van der Waals surface area contributed by atoms with Crippen molar-refractivity contribution in [3.05, 3.63) is 77.9 Å². The van der Waals surface area contributed by atoms with Crippen LogP contribution in [-0.2, 0) is 10.0 Å². The van der Waals surface area contributed by atoms with E-state index < -0.39 is 21.8 Å². The minimum atomic E-state index is -4.09. The topological polar surface area (TPSA) is 137 Å². The van der Waals surface area contributed by atoms with Crippen LogP contribution in [0.4, 0.5) is 11.4 Å². The summed E-state index contributed by atoms with van der Waals surface area (Å²) in [5.74, 6) is -0.143. The first kappa shape index (κ1) is 22.2. The summed E-state index contributed by atoms with van der Waals surface area (Å²) in [4.78, 5) is 24.2. The number of anilines is 2. The van der Waals surface area contributed by atoms with Crippen LogP contribution in [0.3, 0.4) is 0 Å². The summed E-state index contributed by atoms with van der Waals surface area (Å²) >= 11 is 0. The quantitative estimate of drug-likeness (QED) is 0.510. The molecule has 0 saturated heterocycles. The molecule has 170 valence electrons. The van der Waals surface area contributed by atoms with Gasteiger partial charge in [0.25, 0.3) is 21.8 Å². The lowest BCUT2D eigenvalue weighted by Crippen LogP contribution is -2.19. The Balaban J connectivity index is 1.54. The number of sulfonamides is 1. The van der Waals surface area contributed by atoms with Crippen molar-refractivity contribution in [1.29, 1.82) is 0 Å². The fourth-order valence-corrected chi connectivity index (χ4v) is 4.36. The Morgan fingerprint density at radius 1 is 0.879 bits per heavy atom. The van der Waals surface area contributed by atoms with Crippen molar-refractivity contribution in [2.45, 2.75) is 11.3 Å². The van der Waals surface area contributed by atoms with Crippen LogP contribution in [0.2, 0.25) is 0 Å². The highest BCUT2D eigenvalue weighted by molar-refractivity contribution is 7.92. The number of ether oxygens (including phenoxy) is 2. The molecule has 0 spiro atoms. The monoisotopic (exact) mass is 467 g/mol. The van der Waals surface area contributed by atoms with Crippen molar-refractivity contribution in [3.63, 3.8) is 0 Å². The van der Waals surface area contributed by atoms with Gasteiger partial charge in [-0.1, -0.05) is 18.2 Å². The zero-order chi connectivity index (χ0) is 23.4. The summed E-state index contributed by atoms with van der Waals surface area (Å²) in [7, 11) is -4.09. The number of carbonyl (C=O) groups excluding carboxylic acids is 2. The lowest BCUT2D eigenvalue weighted by molar-refractivity contribution is 0.0998. The van der Waals surface area contributed by atoms with Gasteiger partial charge in [0.1, 0.15) is 0 Å². The molecule has 0 atom stereocenters. The lowest BCUT2D eigenvalue weighted by Gasteiger charge is -2.12. The Morgan fingerprint density at radius 2 is 1.64 bits per heavy atom. The van der Waals surface area contributed by atoms with Crippen molar-refractivity contribution >= 4 is 33.2 Å². The molecule has 3 aromatic rings. The third-order valence-corrected chi connectivity index (χ3v) is 6.21. The SMILES string of the molecule is NC(=O)c1ccccc1NS(=O)(=O)c1cccc(C(=O)Nc2ccc3c(c2)OCCCO3)c1. The number of carbonyl (C=O) groups is 2. The molecule has 0 bridgehead atoms. The fourth-order valence-electron chi connectivity index (χ4n) is 3.24. The van der Waals surface area contributed by atoms with Crippen LogP contribution in [0.25, 0.3) is 0 Å². The Bertz CT molecular complexity index is 1320. The molecule has 0 unspecified atom stereocenters. The van der Waals surface area contributed by atoms with E-state index in [1.165, 1.54) is 36.4 Å². The van der Waals surface area contributed by atoms with Crippen molar-refractivity contribution < 1.29 is 27.5 Å². The van der Waals surface area contributed by atoms with Crippen LogP contribution in [-0.4, -0.2) is 33.4 Å². The predicted molar refractivity (Wildman–Crippen MR) is 122 cm³/mol. The van der Waals surface area contributed by atoms with Crippen LogP contribution in [0.15, 0.2) is 71.6 Å². The van der Waals surface area contributed by atoms with E-state index in [0.29, 0.717) is 30.4 Å². The number of nitrogens with one attached hydrogen (secondary N) is 2. The number of primary amides is 1. The van der Waals surface area contributed by atoms with E-state index in [9.17, 15) is 18.0 Å². The highest BCUT2D eigenvalue weighted by Gasteiger charge is 2.20. The molecule has 33 heavy (non-hydrogen) atoms. The Labute approximate surface area is 190 Å². The molecule has 1 aliphatic rings. The number of amides is 2. The molecule has 0 saturated carbocycles. The third-order valence-electron chi connectivity index (χ3n) is 4.85. The number of fused-ring (bicyclic) bond motifs is 1. The van der Waals surface area contributed by atoms with Gasteiger partial charge in [-0.2, -0.15) is 0 Å². The van der Waals surface area contributed by atoms with E-state index in [-0.39, 0.29) is 21.7 Å². The Hall–Kier alpha value is -4.05. The van der Waals surface area contributed by atoms with Crippen molar-refractivity contribution in [1.82, 2.24) is 0 Å². The second-order valence-corrected chi connectivity index (χ2v) is 8.89. The fraction of sp³-hybridized carbons (Fsp3) is 0.130. The molecule has 2 amide bonds. The Morgan fingerprint density at radius 3 is 2.42 bits per heavy atom.